The predicted octanol–water partition coefficient (Wildman–Crippen LogP) is 4.34. The Bertz CT molecular complexity index is 572. The molecule has 0 bridgehead atoms. The number of anilines is 1. The standard InChI is InChI=1S/C15H16BrNO2/c1-10(11-4-3-5-13(18)8-11)17-12-6-7-14(16)15(9-12)19-2/h3-10,17-18H,1-2H3. The molecular formula is C15H16BrNO2. The number of phenols is 1. The highest BCUT2D eigenvalue weighted by atomic mass is 79.9. The molecule has 0 saturated carbocycles. The van der Waals surface area contributed by atoms with Crippen molar-refractivity contribution in [2.24, 2.45) is 0 Å². The number of aromatic hydroxyl groups is 1. The number of rotatable bonds is 4. The molecule has 2 aromatic rings. The number of phenolic OH excluding ortho intramolecular Hbond substituents is 1. The molecule has 19 heavy (non-hydrogen) atoms. The van der Waals surface area contributed by atoms with Crippen LogP contribution in [0.4, 0.5) is 5.69 Å². The molecule has 0 spiro atoms. The Morgan fingerprint density at radius 2 is 2.00 bits per heavy atom. The lowest BCUT2D eigenvalue weighted by Crippen LogP contribution is -2.06. The van der Waals surface area contributed by atoms with Crippen molar-refractivity contribution in [1.82, 2.24) is 0 Å². The van der Waals surface area contributed by atoms with Crippen LogP contribution in [0.15, 0.2) is 46.9 Å². The molecule has 0 aliphatic carbocycles. The van der Waals surface area contributed by atoms with E-state index in [0.29, 0.717) is 0 Å². The maximum absolute atomic E-state index is 9.49. The summed E-state index contributed by atoms with van der Waals surface area (Å²) in [7, 11) is 1.64. The summed E-state index contributed by atoms with van der Waals surface area (Å²) in [6.07, 6.45) is 0. The monoisotopic (exact) mass is 321 g/mol. The molecule has 0 fully saturated rings. The summed E-state index contributed by atoms with van der Waals surface area (Å²) in [5.41, 5.74) is 2.00. The molecule has 0 aliphatic rings. The smallest absolute Gasteiger partial charge is 0.135 e. The van der Waals surface area contributed by atoms with Crippen molar-refractivity contribution < 1.29 is 9.84 Å². The number of nitrogens with one attached hydrogen (secondary N) is 1. The number of ether oxygens (including phenoxy) is 1. The van der Waals surface area contributed by atoms with E-state index in [2.05, 4.69) is 21.2 Å². The van der Waals surface area contributed by atoms with E-state index in [0.717, 1.165) is 21.5 Å². The Morgan fingerprint density at radius 3 is 2.68 bits per heavy atom. The van der Waals surface area contributed by atoms with Gasteiger partial charge in [0.05, 0.1) is 11.6 Å². The number of methoxy groups -OCH3 is 1. The average molecular weight is 322 g/mol. The van der Waals surface area contributed by atoms with Gasteiger partial charge in [-0.25, -0.2) is 0 Å². The van der Waals surface area contributed by atoms with Crippen LogP contribution in [0.25, 0.3) is 0 Å². The minimum absolute atomic E-state index is 0.0954. The maximum Gasteiger partial charge on any atom is 0.135 e. The lowest BCUT2D eigenvalue weighted by atomic mass is 10.1. The molecular weight excluding hydrogens is 306 g/mol. The van der Waals surface area contributed by atoms with Gasteiger partial charge in [0.25, 0.3) is 0 Å². The second-order valence-electron chi connectivity index (χ2n) is 4.31. The summed E-state index contributed by atoms with van der Waals surface area (Å²) in [6.45, 7) is 2.04. The van der Waals surface area contributed by atoms with Crippen molar-refractivity contribution in [2.45, 2.75) is 13.0 Å². The molecule has 1 unspecified atom stereocenters. The van der Waals surface area contributed by atoms with Gasteiger partial charge in [0.1, 0.15) is 11.5 Å². The normalized spacial score (nSPS) is 11.9. The first-order valence-electron chi connectivity index (χ1n) is 5.99. The van der Waals surface area contributed by atoms with Gasteiger partial charge in [-0.1, -0.05) is 12.1 Å². The molecule has 1 atom stereocenters. The summed E-state index contributed by atoms with van der Waals surface area (Å²) < 4.78 is 6.19. The van der Waals surface area contributed by atoms with Crippen LogP contribution in [-0.4, -0.2) is 12.2 Å². The van der Waals surface area contributed by atoms with Crippen molar-refractivity contribution >= 4 is 21.6 Å². The third-order valence-electron chi connectivity index (χ3n) is 2.90. The average Bonchev–Trinajstić information content (AvgIpc) is 2.41. The van der Waals surface area contributed by atoms with Gasteiger partial charge in [0, 0.05) is 17.8 Å². The second-order valence-corrected chi connectivity index (χ2v) is 5.16. The van der Waals surface area contributed by atoms with Crippen LogP contribution in [0.5, 0.6) is 11.5 Å². The minimum atomic E-state index is 0.0954. The van der Waals surface area contributed by atoms with Crippen LogP contribution >= 0.6 is 15.9 Å². The fraction of sp³-hybridized carbons (Fsp3) is 0.200. The fourth-order valence-electron chi connectivity index (χ4n) is 1.88. The largest absolute Gasteiger partial charge is 0.508 e. The highest BCUT2D eigenvalue weighted by Crippen LogP contribution is 2.30. The zero-order chi connectivity index (χ0) is 13.8. The third-order valence-corrected chi connectivity index (χ3v) is 3.56. The quantitative estimate of drug-likeness (QED) is 0.880. The first-order chi connectivity index (χ1) is 9.10. The number of hydrogen-bond donors (Lipinski definition) is 2. The van der Waals surface area contributed by atoms with Gasteiger partial charge in [-0.2, -0.15) is 0 Å². The molecule has 0 radical (unpaired) electrons. The van der Waals surface area contributed by atoms with Gasteiger partial charge >= 0.3 is 0 Å². The lowest BCUT2D eigenvalue weighted by molar-refractivity contribution is 0.412. The zero-order valence-corrected chi connectivity index (χ0v) is 12.4. The van der Waals surface area contributed by atoms with Crippen molar-refractivity contribution in [3.05, 3.63) is 52.5 Å². The van der Waals surface area contributed by atoms with Crippen molar-refractivity contribution in [3.63, 3.8) is 0 Å². The van der Waals surface area contributed by atoms with E-state index in [4.69, 9.17) is 4.74 Å². The SMILES string of the molecule is COc1cc(NC(C)c2cccc(O)c2)ccc1Br. The summed E-state index contributed by atoms with van der Waals surface area (Å²) in [5, 5.41) is 12.9. The molecule has 0 heterocycles. The topological polar surface area (TPSA) is 41.5 Å². The van der Waals surface area contributed by atoms with E-state index >= 15 is 0 Å². The summed E-state index contributed by atoms with van der Waals surface area (Å²) in [6, 6.07) is 13.2. The highest BCUT2D eigenvalue weighted by molar-refractivity contribution is 9.10. The van der Waals surface area contributed by atoms with Crippen molar-refractivity contribution in [2.75, 3.05) is 12.4 Å². The van der Waals surface area contributed by atoms with Crippen LogP contribution in [0.1, 0.15) is 18.5 Å². The minimum Gasteiger partial charge on any atom is -0.508 e. The first kappa shape index (κ1) is 13.7. The van der Waals surface area contributed by atoms with Crippen molar-refractivity contribution in [3.8, 4) is 11.5 Å². The summed E-state index contributed by atoms with van der Waals surface area (Å²) in [4.78, 5) is 0. The fourth-order valence-corrected chi connectivity index (χ4v) is 2.29. The Morgan fingerprint density at radius 1 is 1.21 bits per heavy atom. The highest BCUT2D eigenvalue weighted by Gasteiger charge is 2.07. The van der Waals surface area contributed by atoms with Crippen LogP contribution in [0.3, 0.4) is 0 Å². The van der Waals surface area contributed by atoms with Gasteiger partial charge < -0.3 is 15.2 Å². The zero-order valence-electron chi connectivity index (χ0n) is 10.9. The number of halogens is 1. The van der Waals surface area contributed by atoms with E-state index in [1.807, 2.05) is 37.3 Å². The molecule has 3 nitrogen and oxygen atoms in total. The summed E-state index contributed by atoms with van der Waals surface area (Å²) in [5.74, 6) is 1.06. The van der Waals surface area contributed by atoms with Gasteiger partial charge in [0.2, 0.25) is 0 Å². The van der Waals surface area contributed by atoms with E-state index < -0.39 is 0 Å². The Labute approximate surface area is 121 Å². The molecule has 0 aliphatic heterocycles. The number of hydrogen-bond acceptors (Lipinski definition) is 3. The predicted molar refractivity (Wildman–Crippen MR) is 80.8 cm³/mol. The Kier molecular flexibility index (Phi) is 4.32. The van der Waals surface area contributed by atoms with Crippen molar-refractivity contribution in [1.29, 1.82) is 0 Å². The van der Waals surface area contributed by atoms with Gasteiger partial charge in [-0.3, -0.25) is 0 Å². The van der Waals surface area contributed by atoms with Crippen LogP contribution in [0.2, 0.25) is 0 Å². The lowest BCUT2D eigenvalue weighted by Gasteiger charge is -2.17. The molecule has 2 N–H and O–H groups in total. The molecule has 100 valence electrons. The molecule has 0 amide bonds. The summed E-state index contributed by atoms with van der Waals surface area (Å²) >= 11 is 3.43. The van der Waals surface area contributed by atoms with E-state index in [9.17, 15) is 5.11 Å². The second kappa shape index (κ2) is 5.97. The van der Waals surface area contributed by atoms with Gasteiger partial charge in [-0.05, 0) is 52.7 Å². The first-order valence-corrected chi connectivity index (χ1v) is 6.78. The van der Waals surface area contributed by atoms with E-state index in [-0.39, 0.29) is 11.8 Å². The Balaban J connectivity index is 2.17. The maximum atomic E-state index is 9.49. The van der Waals surface area contributed by atoms with E-state index in [1.165, 1.54) is 0 Å². The third kappa shape index (κ3) is 3.41. The van der Waals surface area contributed by atoms with Crippen LogP contribution in [0, 0.1) is 0 Å². The molecule has 2 rings (SSSR count). The van der Waals surface area contributed by atoms with Gasteiger partial charge in [-0.15, -0.1) is 0 Å². The number of benzene rings is 2. The van der Waals surface area contributed by atoms with Crippen LogP contribution < -0.4 is 10.1 Å². The molecule has 0 saturated heterocycles. The molecule has 4 heteroatoms. The van der Waals surface area contributed by atoms with Gasteiger partial charge in [0.15, 0.2) is 0 Å². The molecule has 0 aromatic heterocycles. The molecule has 2 aromatic carbocycles. The van der Waals surface area contributed by atoms with E-state index in [1.54, 1.807) is 19.2 Å². The Hall–Kier alpha value is -1.68. The van der Waals surface area contributed by atoms with Crippen LogP contribution in [-0.2, 0) is 0 Å².